The van der Waals surface area contributed by atoms with Crippen molar-refractivity contribution in [2.75, 3.05) is 18.5 Å². The Morgan fingerprint density at radius 2 is 1.90 bits per heavy atom. The molecule has 0 spiro atoms. The zero-order valence-corrected chi connectivity index (χ0v) is 17.8. The molecule has 3 rings (SSSR count). The van der Waals surface area contributed by atoms with Gasteiger partial charge in [-0.05, 0) is 42.8 Å². The van der Waals surface area contributed by atoms with Crippen LogP contribution in [0.25, 0.3) is 0 Å². The Labute approximate surface area is 181 Å². The van der Waals surface area contributed by atoms with Gasteiger partial charge in [-0.25, -0.2) is 0 Å². The number of rotatable bonds is 6. The summed E-state index contributed by atoms with van der Waals surface area (Å²) in [5, 5.41) is 3.75. The van der Waals surface area contributed by atoms with Crippen molar-refractivity contribution in [3.63, 3.8) is 0 Å². The van der Waals surface area contributed by atoms with E-state index in [9.17, 15) is 19.2 Å². The van der Waals surface area contributed by atoms with Crippen molar-refractivity contribution in [3.8, 4) is 0 Å². The quantitative estimate of drug-likeness (QED) is 0.626. The summed E-state index contributed by atoms with van der Waals surface area (Å²) in [7, 11) is 0. The van der Waals surface area contributed by atoms with E-state index in [0.717, 1.165) is 15.0 Å². The summed E-state index contributed by atoms with van der Waals surface area (Å²) in [6.45, 7) is 1.41. The molecule has 1 atom stereocenters. The van der Waals surface area contributed by atoms with Crippen LogP contribution < -0.4 is 10.7 Å². The minimum absolute atomic E-state index is 0.0102. The number of benzene rings is 2. The van der Waals surface area contributed by atoms with Crippen molar-refractivity contribution in [2.45, 2.75) is 13.3 Å². The standard InChI is InChI=1S/C21H20BrN3O5/c1-13-9-16(7-8-17(13)22)23-18(26)12-30-21(29)15-10-19(27)25(11-15)24-20(28)14-5-3-2-4-6-14/h2-9,15H,10-12H2,1H3,(H,23,26)(H,24,28)/t15-/m0/s1. The third-order valence-electron chi connectivity index (χ3n) is 4.52. The largest absolute Gasteiger partial charge is 0.455 e. The van der Waals surface area contributed by atoms with Crippen LogP contribution in [0, 0.1) is 12.8 Å². The molecule has 8 nitrogen and oxygen atoms in total. The molecule has 1 heterocycles. The molecule has 0 saturated carbocycles. The van der Waals surface area contributed by atoms with Gasteiger partial charge in [0.05, 0.1) is 12.5 Å². The number of hydrogen-bond acceptors (Lipinski definition) is 5. The van der Waals surface area contributed by atoms with E-state index in [4.69, 9.17) is 4.74 Å². The molecule has 3 amide bonds. The molecule has 9 heteroatoms. The lowest BCUT2D eigenvalue weighted by Crippen LogP contribution is -2.43. The van der Waals surface area contributed by atoms with Crippen LogP contribution in [-0.4, -0.2) is 41.9 Å². The number of nitrogens with one attached hydrogen (secondary N) is 2. The molecule has 1 fully saturated rings. The smallest absolute Gasteiger partial charge is 0.311 e. The lowest BCUT2D eigenvalue weighted by Gasteiger charge is -2.17. The van der Waals surface area contributed by atoms with Gasteiger partial charge >= 0.3 is 5.97 Å². The van der Waals surface area contributed by atoms with Crippen molar-refractivity contribution in [2.24, 2.45) is 5.92 Å². The van der Waals surface area contributed by atoms with E-state index in [-0.39, 0.29) is 13.0 Å². The van der Waals surface area contributed by atoms with Gasteiger partial charge in [-0.1, -0.05) is 34.1 Å². The van der Waals surface area contributed by atoms with Crippen LogP contribution >= 0.6 is 15.9 Å². The average Bonchev–Trinajstić information content (AvgIpc) is 3.10. The monoisotopic (exact) mass is 473 g/mol. The Morgan fingerprint density at radius 3 is 2.60 bits per heavy atom. The molecule has 0 aromatic heterocycles. The minimum atomic E-state index is -0.753. The molecular weight excluding hydrogens is 454 g/mol. The first-order valence-electron chi connectivity index (χ1n) is 9.22. The number of aryl methyl sites for hydroxylation is 1. The maximum Gasteiger partial charge on any atom is 0.311 e. The van der Waals surface area contributed by atoms with E-state index in [1.165, 1.54) is 0 Å². The van der Waals surface area contributed by atoms with Crippen LogP contribution in [0.5, 0.6) is 0 Å². The fraction of sp³-hybridized carbons (Fsp3) is 0.238. The first kappa shape index (κ1) is 21.5. The van der Waals surface area contributed by atoms with Crippen LogP contribution in [0.15, 0.2) is 53.0 Å². The number of halogens is 1. The highest BCUT2D eigenvalue weighted by Gasteiger charge is 2.36. The van der Waals surface area contributed by atoms with E-state index in [1.54, 1.807) is 48.5 Å². The number of ether oxygens (including phenoxy) is 1. The lowest BCUT2D eigenvalue weighted by atomic mass is 10.1. The van der Waals surface area contributed by atoms with Gasteiger partial charge in [0, 0.05) is 22.1 Å². The molecule has 2 N–H and O–H groups in total. The van der Waals surface area contributed by atoms with Crippen LogP contribution in [0.2, 0.25) is 0 Å². The van der Waals surface area contributed by atoms with Crippen molar-refractivity contribution < 1.29 is 23.9 Å². The number of esters is 1. The number of amides is 3. The van der Waals surface area contributed by atoms with Crippen LogP contribution in [0.3, 0.4) is 0 Å². The summed E-state index contributed by atoms with van der Waals surface area (Å²) >= 11 is 3.38. The fourth-order valence-electron chi connectivity index (χ4n) is 2.92. The Kier molecular flexibility index (Phi) is 6.83. The molecule has 0 radical (unpaired) electrons. The summed E-state index contributed by atoms with van der Waals surface area (Å²) in [4.78, 5) is 48.6. The summed E-state index contributed by atoms with van der Waals surface area (Å²) < 4.78 is 5.97. The molecule has 1 aliphatic heterocycles. The minimum Gasteiger partial charge on any atom is -0.455 e. The second kappa shape index (κ2) is 9.53. The van der Waals surface area contributed by atoms with Gasteiger partial charge < -0.3 is 10.1 Å². The van der Waals surface area contributed by atoms with Gasteiger partial charge in [0.25, 0.3) is 11.8 Å². The maximum atomic E-state index is 12.2. The summed E-state index contributed by atoms with van der Waals surface area (Å²) in [5.41, 5.74) is 4.43. The predicted octanol–water partition coefficient (Wildman–Crippen LogP) is 2.43. The Balaban J connectivity index is 1.47. The van der Waals surface area contributed by atoms with E-state index in [2.05, 4.69) is 26.7 Å². The molecule has 156 valence electrons. The molecule has 30 heavy (non-hydrogen) atoms. The van der Waals surface area contributed by atoms with Crippen LogP contribution in [0.1, 0.15) is 22.3 Å². The third-order valence-corrected chi connectivity index (χ3v) is 5.41. The van der Waals surface area contributed by atoms with Gasteiger partial charge in [0.2, 0.25) is 5.91 Å². The van der Waals surface area contributed by atoms with Crippen molar-refractivity contribution >= 4 is 45.3 Å². The van der Waals surface area contributed by atoms with Gasteiger partial charge in [-0.15, -0.1) is 0 Å². The number of carbonyl (C=O) groups excluding carboxylic acids is 4. The highest BCUT2D eigenvalue weighted by molar-refractivity contribution is 9.10. The average molecular weight is 474 g/mol. The van der Waals surface area contributed by atoms with Crippen LogP contribution in [-0.2, 0) is 19.1 Å². The van der Waals surface area contributed by atoms with Gasteiger partial charge in [-0.3, -0.25) is 29.6 Å². The topological polar surface area (TPSA) is 105 Å². The SMILES string of the molecule is Cc1cc(NC(=O)COC(=O)[C@H]2CC(=O)N(NC(=O)c3ccccc3)C2)ccc1Br. The van der Waals surface area contributed by atoms with E-state index >= 15 is 0 Å². The Morgan fingerprint density at radius 1 is 1.17 bits per heavy atom. The second-order valence-corrected chi connectivity index (χ2v) is 7.69. The normalized spacial score (nSPS) is 15.6. The molecule has 0 bridgehead atoms. The predicted molar refractivity (Wildman–Crippen MR) is 112 cm³/mol. The Hall–Kier alpha value is -3.20. The van der Waals surface area contributed by atoms with Crippen molar-refractivity contribution in [1.82, 2.24) is 10.4 Å². The number of carbonyl (C=O) groups is 4. The van der Waals surface area contributed by atoms with Gasteiger partial charge in [-0.2, -0.15) is 0 Å². The summed E-state index contributed by atoms with van der Waals surface area (Å²) in [5.74, 6) is -2.74. The molecule has 2 aromatic rings. The first-order chi connectivity index (χ1) is 14.3. The lowest BCUT2D eigenvalue weighted by molar-refractivity contribution is -0.151. The van der Waals surface area contributed by atoms with E-state index in [0.29, 0.717) is 11.3 Å². The number of anilines is 1. The number of hydrogen-bond donors (Lipinski definition) is 2. The van der Waals surface area contributed by atoms with Crippen molar-refractivity contribution in [3.05, 3.63) is 64.1 Å². The highest BCUT2D eigenvalue weighted by atomic mass is 79.9. The zero-order chi connectivity index (χ0) is 21.7. The molecule has 2 aromatic carbocycles. The molecule has 0 aliphatic carbocycles. The summed E-state index contributed by atoms with van der Waals surface area (Å²) in [6, 6.07) is 13.7. The molecule has 0 unspecified atom stereocenters. The summed E-state index contributed by atoms with van der Waals surface area (Å²) in [6.07, 6.45) is -0.0958. The van der Waals surface area contributed by atoms with E-state index < -0.39 is 36.2 Å². The molecule has 1 saturated heterocycles. The number of nitrogens with zero attached hydrogens (tertiary/aromatic N) is 1. The second-order valence-electron chi connectivity index (χ2n) is 6.83. The number of hydrazine groups is 1. The van der Waals surface area contributed by atoms with Crippen molar-refractivity contribution in [1.29, 1.82) is 0 Å². The Bertz CT molecular complexity index is 980. The maximum absolute atomic E-state index is 12.2. The molecule has 1 aliphatic rings. The van der Waals surface area contributed by atoms with E-state index in [1.807, 2.05) is 6.92 Å². The van der Waals surface area contributed by atoms with Crippen LogP contribution in [0.4, 0.5) is 5.69 Å². The van der Waals surface area contributed by atoms with Gasteiger partial charge in [0.1, 0.15) is 0 Å². The fourth-order valence-corrected chi connectivity index (χ4v) is 3.17. The van der Waals surface area contributed by atoms with Gasteiger partial charge in [0.15, 0.2) is 6.61 Å². The third kappa shape index (κ3) is 5.44. The zero-order valence-electron chi connectivity index (χ0n) is 16.2. The molecular formula is C21H20BrN3O5. The first-order valence-corrected chi connectivity index (χ1v) is 10.0. The highest BCUT2D eigenvalue weighted by Crippen LogP contribution is 2.20.